The van der Waals surface area contributed by atoms with Gasteiger partial charge in [0.05, 0.1) is 0 Å². The Morgan fingerprint density at radius 3 is 1.75 bits per heavy atom. The smallest absolute Gasteiger partial charge is 0.440 e. The minimum Gasteiger partial charge on any atom is -0.440 e. The Morgan fingerprint density at radius 1 is 0.875 bits per heavy atom. The summed E-state index contributed by atoms with van der Waals surface area (Å²) in [7, 11) is 0. The number of hydrogen-bond acceptors (Lipinski definition) is 2. The van der Waals surface area contributed by atoms with Gasteiger partial charge in [0.15, 0.2) is 11.7 Å². The molecule has 0 saturated carbocycles. The number of aryl methyl sites for hydroxylation is 1. The van der Waals surface area contributed by atoms with E-state index in [0.717, 1.165) is 29.0 Å². The summed E-state index contributed by atoms with van der Waals surface area (Å²) < 4.78 is 5.74. The van der Waals surface area contributed by atoms with Crippen molar-refractivity contribution in [2.45, 2.75) is 20.3 Å². The largest absolute Gasteiger partial charge is 1.00 e. The zero-order valence-electron chi connectivity index (χ0n) is 15.5. The summed E-state index contributed by atoms with van der Waals surface area (Å²) in [5.41, 5.74) is 3.03. The van der Waals surface area contributed by atoms with Crippen LogP contribution in [-0.4, -0.2) is 4.98 Å². The van der Waals surface area contributed by atoms with Crippen LogP contribution in [0.2, 0.25) is 0 Å². The molecule has 124 valence electrons. The van der Waals surface area contributed by atoms with Crippen LogP contribution in [0.5, 0.6) is 0 Å². The van der Waals surface area contributed by atoms with E-state index in [1.165, 1.54) is 0 Å². The number of aromatic nitrogens is 1. The van der Waals surface area contributed by atoms with Crippen molar-refractivity contribution in [3.05, 3.63) is 88.3 Å². The van der Waals surface area contributed by atoms with Crippen molar-refractivity contribution in [1.82, 2.24) is 4.98 Å². The molecule has 0 radical (unpaired) electrons. The van der Waals surface area contributed by atoms with E-state index >= 15 is 0 Å². The molecule has 0 atom stereocenters. The van der Waals surface area contributed by atoms with Gasteiger partial charge in [-0.05, 0) is 0 Å². The fourth-order valence-electron chi connectivity index (χ4n) is 2.00. The quantitative estimate of drug-likeness (QED) is 0.524. The van der Waals surface area contributed by atoms with Gasteiger partial charge in [-0.3, -0.25) is 0 Å². The standard InChI is InChI=1S/C16H13NO.C3H7.2CH3.K/c1-12-17-15(13-8-4-2-5-9-13)16(18-12)14-10-6-3-7-11-14;1-3-2;;;/h2-11H,1H3;1,3H2,2H3;2*1H3;/q;3*-1;+1. The third-order valence-electron chi connectivity index (χ3n) is 2.82. The molecule has 2 nitrogen and oxygen atoms in total. The van der Waals surface area contributed by atoms with Gasteiger partial charge in [0, 0.05) is 18.1 Å². The molecule has 0 saturated heterocycles. The summed E-state index contributed by atoms with van der Waals surface area (Å²) in [5, 5.41) is 0. The first-order chi connectivity index (χ1) is 10.3. The molecule has 3 rings (SSSR count). The first-order valence-electron chi connectivity index (χ1n) is 7.13. The van der Waals surface area contributed by atoms with E-state index < -0.39 is 0 Å². The fourth-order valence-corrected chi connectivity index (χ4v) is 2.00. The Labute approximate surface area is 190 Å². The third kappa shape index (κ3) is 7.04. The molecule has 0 fully saturated rings. The minimum absolute atomic E-state index is 0. The van der Waals surface area contributed by atoms with E-state index in [9.17, 15) is 0 Å². The van der Waals surface area contributed by atoms with Gasteiger partial charge in [-0.1, -0.05) is 67.6 Å². The van der Waals surface area contributed by atoms with Crippen molar-refractivity contribution in [3.8, 4) is 22.6 Å². The number of benzene rings is 2. The molecule has 0 unspecified atom stereocenters. The summed E-state index contributed by atoms with van der Waals surface area (Å²) in [6.07, 6.45) is 1.00. The van der Waals surface area contributed by atoms with Crippen LogP contribution in [0.4, 0.5) is 0 Å². The normalized spacial score (nSPS) is 8.62. The van der Waals surface area contributed by atoms with E-state index in [0.29, 0.717) is 5.89 Å². The van der Waals surface area contributed by atoms with Gasteiger partial charge in [0.2, 0.25) is 0 Å². The first-order valence-corrected chi connectivity index (χ1v) is 7.13. The topological polar surface area (TPSA) is 26.0 Å². The SMILES string of the molecule is Cc1nc(-c2ccccc2)c(-c2ccccc2)o1.[CH2-]CC.[CH3-].[CH3-].[K+]. The van der Waals surface area contributed by atoms with Gasteiger partial charge in [-0.15, -0.1) is 0 Å². The van der Waals surface area contributed by atoms with Crippen molar-refractivity contribution in [3.63, 3.8) is 0 Å². The Bertz CT molecular complexity index is 606. The molecule has 24 heavy (non-hydrogen) atoms. The van der Waals surface area contributed by atoms with Gasteiger partial charge in [-0.2, -0.15) is 6.42 Å². The third-order valence-corrected chi connectivity index (χ3v) is 2.82. The van der Waals surface area contributed by atoms with Crippen molar-refractivity contribution < 1.29 is 55.8 Å². The van der Waals surface area contributed by atoms with Gasteiger partial charge >= 0.3 is 51.4 Å². The predicted octanol–water partition coefficient (Wildman–Crippen LogP) is 3.45. The average Bonchev–Trinajstić information content (AvgIpc) is 2.92. The van der Waals surface area contributed by atoms with Gasteiger partial charge in [0.25, 0.3) is 0 Å². The van der Waals surface area contributed by atoms with Crippen LogP contribution in [0, 0.1) is 28.7 Å². The maximum atomic E-state index is 5.74. The summed E-state index contributed by atoms with van der Waals surface area (Å²) >= 11 is 0. The van der Waals surface area contributed by atoms with Crippen LogP contribution < -0.4 is 51.4 Å². The first kappa shape index (κ1) is 25.5. The zero-order valence-corrected chi connectivity index (χ0v) is 18.7. The number of nitrogens with zero attached hydrogens (tertiary/aromatic N) is 1. The van der Waals surface area contributed by atoms with E-state index in [1.54, 1.807) is 0 Å². The molecule has 0 N–H and O–H groups in total. The van der Waals surface area contributed by atoms with Crippen molar-refractivity contribution in [1.29, 1.82) is 0 Å². The average molecular weight is 348 g/mol. The maximum Gasteiger partial charge on any atom is 1.00 e. The molecule has 0 amide bonds. The number of rotatable bonds is 2. The number of hydrogen-bond donors (Lipinski definition) is 0. The second-order valence-electron chi connectivity index (χ2n) is 4.64. The van der Waals surface area contributed by atoms with Crippen LogP contribution in [0.25, 0.3) is 22.6 Å². The molecule has 0 aliphatic heterocycles. The van der Waals surface area contributed by atoms with E-state index in [-0.39, 0.29) is 66.2 Å². The van der Waals surface area contributed by atoms with E-state index in [4.69, 9.17) is 4.42 Å². The molecule has 0 bridgehead atoms. The minimum atomic E-state index is 0. The Hall–Kier alpha value is -0.714. The van der Waals surface area contributed by atoms with Gasteiger partial charge < -0.3 is 26.2 Å². The Balaban J connectivity index is 0. The second kappa shape index (κ2) is 13.6. The monoisotopic (exact) mass is 347 g/mol. The predicted molar refractivity (Wildman–Crippen MR) is 101 cm³/mol. The summed E-state index contributed by atoms with van der Waals surface area (Å²) in [6.45, 7) is 7.37. The Kier molecular flexibility index (Phi) is 14.4. The van der Waals surface area contributed by atoms with Crippen molar-refractivity contribution in [2.75, 3.05) is 0 Å². The molecule has 1 aromatic heterocycles. The molecule has 0 aliphatic rings. The molecular formula is C21H26KNO-2. The molecule has 2 aromatic carbocycles. The van der Waals surface area contributed by atoms with Crippen molar-refractivity contribution >= 4 is 0 Å². The Morgan fingerprint density at radius 2 is 1.29 bits per heavy atom. The molecule has 1 heterocycles. The van der Waals surface area contributed by atoms with Gasteiger partial charge in [-0.25, -0.2) is 4.98 Å². The maximum absolute atomic E-state index is 5.74. The van der Waals surface area contributed by atoms with Crippen LogP contribution in [0.1, 0.15) is 19.2 Å². The molecule has 0 spiro atoms. The van der Waals surface area contributed by atoms with Crippen LogP contribution in [-0.2, 0) is 0 Å². The second-order valence-corrected chi connectivity index (χ2v) is 4.64. The number of oxazole rings is 1. The van der Waals surface area contributed by atoms with Crippen molar-refractivity contribution in [2.24, 2.45) is 0 Å². The zero-order chi connectivity index (χ0) is 15.1. The van der Waals surface area contributed by atoms with Crippen LogP contribution in [0.3, 0.4) is 0 Å². The van der Waals surface area contributed by atoms with E-state index in [1.807, 2.05) is 74.5 Å². The fraction of sp³-hybridized carbons (Fsp3) is 0.143. The molecule has 3 heteroatoms. The summed E-state index contributed by atoms with van der Waals surface area (Å²) in [4.78, 5) is 4.49. The molecule has 3 aromatic rings. The van der Waals surface area contributed by atoms with E-state index in [2.05, 4.69) is 11.9 Å². The molecule has 0 aliphatic carbocycles. The molecular weight excluding hydrogens is 321 g/mol. The summed E-state index contributed by atoms with van der Waals surface area (Å²) in [5.74, 6) is 1.52. The van der Waals surface area contributed by atoms with Crippen LogP contribution in [0.15, 0.2) is 65.1 Å². The summed E-state index contributed by atoms with van der Waals surface area (Å²) in [6, 6.07) is 20.2. The van der Waals surface area contributed by atoms with Crippen LogP contribution >= 0.6 is 0 Å². The van der Waals surface area contributed by atoms with Gasteiger partial charge in [0.1, 0.15) is 5.69 Å².